The Morgan fingerprint density at radius 2 is 0.875 bits per heavy atom. The van der Waals surface area contributed by atoms with E-state index >= 15 is 0 Å². The van der Waals surface area contributed by atoms with Crippen LogP contribution >= 0.6 is 0 Å². The van der Waals surface area contributed by atoms with E-state index in [4.69, 9.17) is 0 Å². The van der Waals surface area contributed by atoms with Crippen LogP contribution in [0.4, 0.5) is 0 Å². The molecule has 202 valence electrons. The van der Waals surface area contributed by atoms with Crippen molar-refractivity contribution in [3.05, 3.63) is 146 Å². The monoisotopic (exact) mass is 546 g/mol. The highest BCUT2D eigenvalue weighted by Crippen LogP contribution is 2.22. The van der Waals surface area contributed by atoms with Crippen LogP contribution in [0, 0.1) is 20.2 Å². The maximum absolute atomic E-state index is 13.4. The van der Waals surface area contributed by atoms with Gasteiger partial charge in [0.05, 0.1) is 33.6 Å². The van der Waals surface area contributed by atoms with Gasteiger partial charge >= 0.3 is 0 Å². The number of fused-ring (bicyclic) bond motifs is 2. The third-order valence-electron chi connectivity index (χ3n) is 6.62. The van der Waals surface area contributed by atoms with Crippen LogP contribution in [0.25, 0.3) is 21.5 Å². The van der Waals surface area contributed by atoms with Crippen LogP contribution in [0.1, 0.15) is 23.2 Å². The van der Waals surface area contributed by atoms with Crippen LogP contribution in [0.3, 0.4) is 0 Å². The fourth-order valence-electron chi connectivity index (χ4n) is 4.83. The van der Waals surface area contributed by atoms with E-state index in [1.807, 2.05) is 0 Å². The molecule has 2 atom stereocenters. The molecule has 14 nitrogen and oxygen atoms in total. The summed E-state index contributed by atoms with van der Waals surface area (Å²) < 4.78 is 1.59. The van der Waals surface area contributed by atoms with Gasteiger partial charge < -0.3 is 9.68 Å². The maximum atomic E-state index is 13.4. The van der Waals surface area contributed by atoms with E-state index in [1.165, 1.54) is 0 Å². The van der Waals surface area contributed by atoms with E-state index in [9.17, 15) is 39.4 Å². The third kappa shape index (κ3) is 4.47. The zero-order valence-corrected chi connectivity index (χ0v) is 20.4. The Morgan fingerprint density at radius 1 is 0.575 bits per heavy atom. The Balaban J connectivity index is 1.71. The zero-order valence-electron chi connectivity index (χ0n) is 20.4. The summed E-state index contributed by atoms with van der Waals surface area (Å²) in [5, 5.41) is 19.0. The molecular formula is C26H18N4O10. The average molecular weight is 546 g/mol. The van der Waals surface area contributed by atoms with Crippen molar-refractivity contribution in [3.63, 3.8) is 0 Å². The van der Waals surface area contributed by atoms with E-state index in [1.54, 1.807) is 60.7 Å². The minimum absolute atomic E-state index is 0.174. The molecule has 0 bridgehead atoms. The van der Waals surface area contributed by atoms with Gasteiger partial charge in [0.15, 0.2) is 0 Å². The summed E-state index contributed by atoms with van der Waals surface area (Å²) in [7, 11) is 0. The number of hydrogen-bond donors (Lipinski definition) is 0. The van der Waals surface area contributed by atoms with Crippen molar-refractivity contribution in [2.24, 2.45) is 0 Å². The van der Waals surface area contributed by atoms with Crippen molar-refractivity contribution in [3.8, 4) is 0 Å². The molecule has 40 heavy (non-hydrogen) atoms. The van der Waals surface area contributed by atoms with Gasteiger partial charge in [0.1, 0.15) is 13.2 Å². The number of benzene rings is 3. The van der Waals surface area contributed by atoms with Crippen LogP contribution < -0.4 is 22.2 Å². The molecule has 3 aromatic carbocycles. The first-order chi connectivity index (χ1) is 19.2. The molecule has 2 heterocycles. The molecule has 0 spiro atoms. The minimum Gasteiger partial charge on any atom is -0.311 e. The first-order valence-corrected chi connectivity index (χ1v) is 11.8. The molecule has 2 aromatic heterocycles. The lowest BCUT2D eigenvalue weighted by Crippen LogP contribution is -2.34. The summed E-state index contributed by atoms with van der Waals surface area (Å²) in [5.41, 5.74) is -2.56. The van der Waals surface area contributed by atoms with Gasteiger partial charge in [0.2, 0.25) is 0 Å². The SMILES string of the molecule is O=c1c2cc3c(=O)n(C(CO[N+](=O)[O-])c4ccccc4)c(=O)c3cc2c(=O)n1C(CO[N+](=O)[O-])c1ccccc1. The van der Waals surface area contributed by atoms with Crippen LogP contribution in [0.15, 0.2) is 92.0 Å². The number of nitrogens with zero attached hydrogens (tertiary/aromatic N) is 4. The third-order valence-corrected chi connectivity index (χ3v) is 6.62. The van der Waals surface area contributed by atoms with Crippen LogP contribution in [-0.2, 0) is 9.68 Å². The van der Waals surface area contributed by atoms with Crippen LogP contribution in [-0.4, -0.2) is 32.5 Å². The lowest BCUT2D eigenvalue weighted by molar-refractivity contribution is -0.758. The summed E-state index contributed by atoms with van der Waals surface area (Å²) in [5.74, 6) is 0. The van der Waals surface area contributed by atoms with Gasteiger partial charge in [0, 0.05) is 0 Å². The Labute approximate surface area is 221 Å². The van der Waals surface area contributed by atoms with Crippen LogP contribution in [0.2, 0.25) is 0 Å². The molecule has 0 amide bonds. The highest BCUT2D eigenvalue weighted by atomic mass is 17.0. The lowest BCUT2D eigenvalue weighted by atomic mass is 10.1. The van der Waals surface area contributed by atoms with Gasteiger partial charge in [-0.25, -0.2) is 0 Å². The second kappa shape index (κ2) is 10.2. The first kappa shape index (κ1) is 26.0. The predicted octanol–water partition coefficient (Wildman–Crippen LogP) is 1.51. The van der Waals surface area contributed by atoms with E-state index in [-0.39, 0.29) is 21.5 Å². The number of rotatable bonds is 10. The molecule has 0 aliphatic carbocycles. The summed E-state index contributed by atoms with van der Waals surface area (Å²) in [6, 6.07) is 16.0. The van der Waals surface area contributed by atoms with Crippen molar-refractivity contribution in [2.75, 3.05) is 13.2 Å². The summed E-state index contributed by atoms with van der Waals surface area (Å²) in [6.45, 7) is -1.27. The summed E-state index contributed by atoms with van der Waals surface area (Å²) in [4.78, 5) is 84.5. The Morgan fingerprint density at radius 3 is 1.15 bits per heavy atom. The number of aromatic nitrogens is 2. The quantitative estimate of drug-likeness (QED) is 0.184. The molecule has 0 aliphatic rings. The van der Waals surface area contributed by atoms with Gasteiger partial charge in [-0.1, -0.05) is 60.7 Å². The maximum Gasteiger partial charge on any atom is 0.294 e. The molecule has 0 fully saturated rings. The first-order valence-electron chi connectivity index (χ1n) is 11.8. The van der Waals surface area contributed by atoms with Gasteiger partial charge in [-0.05, 0) is 23.3 Å². The smallest absolute Gasteiger partial charge is 0.294 e. The molecule has 14 heteroatoms. The number of hydrogen-bond acceptors (Lipinski definition) is 10. The normalized spacial score (nSPS) is 12.8. The molecule has 0 N–H and O–H groups in total. The molecule has 0 saturated heterocycles. The molecule has 2 unspecified atom stereocenters. The highest BCUT2D eigenvalue weighted by Gasteiger charge is 2.28. The lowest BCUT2D eigenvalue weighted by Gasteiger charge is -2.16. The van der Waals surface area contributed by atoms with Crippen LogP contribution in [0.5, 0.6) is 0 Å². The largest absolute Gasteiger partial charge is 0.311 e. The zero-order chi connectivity index (χ0) is 28.6. The molecule has 5 aromatic rings. The Bertz CT molecular complexity index is 1740. The second-order valence-electron chi connectivity index (χ2n) is 8.80. The van der Waals surface area contributed by atoms with Gasteiger partial charge in [-0.2, -0.15) is 0 Å². The van der Waals surface area contributed by atoms with E-state index in [0.29, 0.717) is 11.1 Å². The summed E-state index contributed by atoms with van der Waals surface area (Å²) >= 11 is 0. The van der Waals surface area contributed by atoms with Crippen molar-refractivity contribution in [1.29, 1.82) is 0 Å². The standard InChI is InChI=1S/C26H18N4O10/c31-23-17-11-19-20(26(34)28(25(19)33)22(14-40-30(37)38)16-9-5-2-6-10-16)12-18(17)24(32)27(23)21(13-39-29(35)36)15-7-3-1-4-8-15/h1-12,21-22H,13-14H2. The van der Waals surface area contributed by atoms with Crippen molar-refractivity contribution in [2.45, 2.75) is 12.1 Å². The fraction of sp³-hybridized carbons (Fsp3) is 0.154. The minimum atomic E-state index is -1.17. The molecular weight excluding hydrogens is 528 g/mol. The topological polar surface area (TPSA) is 183 Å². The van der Waals surface area contributed by atoms with Crippen molar-refractivity contribution >= 4 is 21.5 Å². The van der Waals surface area contributed by atoms with E-state index < -0.39 is 57.7 Å². The fourth-order valence-corrected chi connectivity index (χ4v) is 4.83. The van der Waals surface area contributed by atoms with E-state index in [2.05, 4.69) is 9.68 Å². The van der Waals surface area contributed by atoms with Crippen molar-refractivity contribution < 1.29 is 19.8 Å². The van der Waals surface area contributed by atoms with E-state index in [0.717, 1.165) is 21.3 Å². The molecule has 0 aliphatic heterocycles. The highest BCUT2D eigenvalue weighted by molar-refractivity contribution is 5.98. The molecule has 5 rings (SSSR count). The Kier molecular flexibility index (Phi) is 6.65. The second-order valence-corrected chi connectivity index (χ2v) is 8.80. The van der Waals surface area contributed by atoms with Gasteiger partial charge in [0.25, 0.3) is 32.4 Å². The van der Waals surface area contributed by atoms with Crippen molar-refractivity contribution in [1.82, 2.24) is 9.13 Å². The summed E-state index contributed by atoms with van der Waals surface area (Å²) in [6.07, 6.45) is 0. The average Bonchev–Trinajstić information content (AvgIpc) is 3.33. The molecule has 0 radical (unpaired) electrons. The molecule has 0 saturated carbocycles. The van der Waals surface area contributed by atoms with Gasteiger partial charge in [-0.3, -0.25) is 28.3 Å². The van der Waals surface area contributed by atoms with Gasteiger partial charge in [-0.15, -0.1) is 20.2 Å². The predicted molar refractivity (Wildman–Crippen MR) is 140 cm³/mol. The Hall–Kier alpha value is -5.66.